The van der Waals surface area contributed by atoms with Crippen molar-refractivity contribution in [1.29, 1.82) is 0 Å². The SMILES string of the molecule is CC(C)(O)c1cc(Cl)ccc1-c1cc2sccc2s1. The monoisotopic (exact) mass is 308 g/mol. The highest BCUT2D eigenvalue weighted by atomic mass is 35.5. The first-order valence-corrected chi connectivity index (χ1v) is 8.02. The first kappa shape index (κ1) is 13.1. The Bertz CT molecular complexity index is 706. The minimum Gasteiger partial charge on any atom is -0.386 e. The average molecular weight is 309 g/mol. The van der Waals surface area contributed by atoms with E-state index in [0.29, 0.717) is 5.02 Å². The van der Waals surface area contributed by atoms with Crippen LogP contribution < -0.4 is 0 Å². The minimum absolute atomic E-state index is 0.652. The molecule has 0 aliphatic rings. The van der Waals surface area contributed by atoms with Crippen molar-refractivity contribution in [2.75, 3.05) is 0 Å². The quantitative estimate of drug-likeness (QED) is 0.661. The van der Waals surface area contributed by atoms with Crippen LogP contribution in [0.1, 0.15) is 19.4 Å². The van der Waals surface area contributed by atoms with E-state index in [1.807, 2.05) is 18.2 Å². The summed E-state index contributed by atoms with van der Waals surface area (Å²) in [6.45, 7) is 3.58. The summed E-state index contributed by atoms with van der Waals surface area (Å²) in [5.74, 6) is 0. The van der Waals surface area contributed by atoms with Gasteiger partial charge in [0.2, 0.25) is 0 Å². The summed E-state index contributed by atoms with van der Waals surface area (Å²) in [6, 6.07) is 10.0. The molecule has 0 bridgehead atoms. The maximum absolute atomic E-state index is 10.3. The first-order valence-electron chi connectivity index (χ1n) is 5.95. The van der Waals surface area contributed by atoms with Gasteiger partial charge in [0.15, 0.2) is 0 Å². The Hall–Kier alpha value is -0.870. The Labute approximate surface area is 125 Å². The van der Waals surface area contributed by atoms with Crippen molar-refractivity contribution in [3.8, 4) is 10.4 Å². The number of benzene rings is 1. The molecule has 2 heterocycles. The van der Waals surface area contributed by atoms with E-state index < -0.39 is 5.60 Å². The molecule has 3 rings (SSSR count). The Balaban J connectivity index is 2.22. The van der Waals surface area contributed by atoms with Crippen LogP contribution in [0.25, 0.3) is 19.8 Å². The van der Waals surface area contributed by atoms with Crippen molar-refractivity contribution in [3.05, 3.63) is 46.3 Å². The molecule has 1 N–H and O–H groups in total. The molecule has 98 valence electrons. The van der Waals surface area contributed by atoms with Gasteiger partial charge in [-0.25, -0.2) is 0 Å². The van der Waals surface area contributed by atoms with Crippen molar-refractivity contribution >= 4 is 43.7 Å². The van der Waals surface area contributed by atoms with E-state index in [4.69, 9.17) is 11.6 Å². The molecule has 0 amide bonds. The molecule has 0 aliphatic carbocycles. The normalized spacial score (nSPS) is 12.2. The standard InChI is InChI=1S/C15H13ClOS2/c1-15(2,17)11-7-9(16)3-4-10(11)13-8-14-12(19-13)5-6-18-14/h3-8,17H,1-2H3. The maximum atomic E-state index is 10.3. The lowest BCUT2D eigenvalue weighted by Crippen LogP contribution is -2.16. The molecule has 0 aliphatic heterocycles. The fraction of sp³-hybridized carbons (Fsp3) is 0.200. The number of hydrogen-bond acceptors (Lipinski definition) is 3. The molecule has 0 spiro atoms. The Kier molecular flexibility index (Phi) is 3.18. The number of thiophene rings is 2. The van der Waals surface area contributed by atoms with E-state index in [0.717, 1.165) is 11.1 Å². The molecule has 0 atom stereocenters. The van der Waals surface area contributed by atoms with E-state index in [2.05, 4.69) is 17.5 Å². The Morgan fingerprint density at radius 3 is 2.58 bits per heavy atom. The average Bonchev–Trinajstić information content (AvgIpc) is 2.87. The smallest absolute Gasteiger partial charge is 0.0847 e. The van der Waals surface area contributed by atoms with Gasteiger partial charge in [-0.15, -0.1) is 22.7 Å². The van der Waals surface area contributed by atoms with Gasteiger partial charge < -0.3 is 5.11 Å². The lowest BCUT2D eigenvalue weighted by atomic mass is 9.92. The van der Waals surface area contributed by atoms with Crippen molar-refractivity contribution < 1.29 is 5.11 Å². The summed E-state index contributed by atoms with van der Waals surface area (Å²) in [4.78, 5) is 1.18. The second kappa shape index (κ2) is 4.60. The molecule has 1 nitrogen and oxygen atoms in total. The molecular formula is C15H13ClOS2. The highest BCUT2D eigenvalue weighted by Gasteiger charge is 2.22. The van der Waals surface area contributed by atoms with Crippen LogP contribution in [0, 0.1) is 0 Å². The third-order valence-corrected chi connectivity index (χ3v) is 5.41. The zero-order valence-corrected chi connectivity index (χ0v) is 13.0. The van der Waals surface area contributed by atoms with Gasteiger partial charge in [0.1, 0.15) is 0 Å². The van der Waals surface area contributed by atoms with Crippen LogP contribution in [0.15, 0.2) is 35.7 Å². The second-order valence-electron chi connectivity index (χ2n) is 5.01. The van der Waals surface area contributed by atoms with E-state index in [-0.39, 0.29) is 0 Å². The van der Waals surface area contributed by atoms with Crippen molar-refractivity contribution in [1.82, 2.24) is 0 Å². The van der Waals surface area contributed by atoms with E-state index >= 15 is 0 Å². The summed E-state index contributed by atoms with van der Waals surface area (Å²) >= 11 is 9.55. The first-order chi connectivity index (χ1) is 8.95. The molecular weight excluding hydrogens is 296 g/mol. The Morgan fingerprint density at radius 1 is 1.11 bits per heavy atom. The van der Waals surface area contributed by atoms with Crippen LogP contribution in [0.2, 0.25) is 5.02 Å². The van der Waals surface area contributed by atoms with Gasteiger partial charge in [0, 0.05) is 19.3 Å². The summed E-state index contributed by atoms with van der Waals surface area (Å²) in [5, 5.41) is 13.1. The van der Waals surface area contributed by atoms with Crippen LogP contribution >= 0.6 is 34.3 Å². The topological polar surface area (TPSA) is 20.2 Å². The fourth-order valence-corrected chi connectivity index (χ4v) is 4.46. The minimum atomic E-state index is -0.905. The van der Waals surface area contributed by atoms with Gasteiger partial charge in [-0.05, 0) is 54.6 Å². The van der Waals surface area contributed by atoms with Crippen LogP contribution in [-0.2, 0) is 5.60 Å². The van der Waals surface area contributed by atoms with Crippen LogP contribution in [0.3, 0.4) is 0 Å². The lowest BCUT2D eigenvalue weighted by Gasteiger charge is -2.21. The van der Waals surface area contributed by atoms with Crippen molar-refractivity contribution in [3.63, 3.8) is 0 Å². The zero-order valence-electron chi connectivity index (χ0n) is 10.6. The van der Waals surface area contributed by atoms with Crippen LogP contribution in [0.5, 0.6) is 0 Å². The predicted octanol–water partition coefficient (Wildman–Crippen LogP) is 5.51. The largest absolute Gasteiger partial charge is 0.386 e. The summed E-state index contributed by atoms with van der Waals surface area (Å²) in [5.41, 5.74) is 1.02. The Morgan fingerprint density at radius 2 is 1.89 bits per heavy atom. The van der Waals surface area contributed by atoms with Gasteiger partial charge in [-0.3, -0.25) is 0 Å². The molecule has 1 aromatic carbocycles. The molecule has 19 heavy (non-hydrogen) atoms. The second-order valence-corrected chi connectivity index (χ2v) is 7.48. The molecule has 4 heteroatoms. The van der Waals surface area contributed by atoms with Gasteiger partial charge in [-0.1, -0.05) is 17.7 Å². The van der Waals surface area contributed by atoms with E-state index in [9.17, 15) is 5.11 Å². The summed E-state index contributed by atoms with van der Waals surface area (Å²) in [6.07, 6.45) is 0. The molecule has 0 radical (unpaired) electrons. The summed E-state index contributed by atoms with van der Waals surface area (Å²) in [7, 11) is 0. The predicted molar refractivity (Wildman–Crippen MR) is 85.4 cm³/mol. The lowest BCUT2D eigenvalue weighted by molar-refractivity contribution is 0.0792. The van der Waals surface area contributed by atoms with Crippen LogP contribution in [0.4, 0.5) is 0 Å². The molecule has 0 saturated heterocycles. The number of aliphatic hydroxyl groups is 1. The molecule has 2 aromatic heterocycles. The van der Waals surface area contributed by atoms with Crippen LogP contribution in [-0.4, -0.2) is 5.11 Å². The number of fused-ring (bicyclic) bond motifs is 1. The third-order valence-electron chi connectivity index (χ3n) is 3.05. The summed E-state index contributed by atoms with van der Waals surface area (Å²) < 4.78 is 2.58. The highest BCUT2D eigenvalue weighted by molar-refractivity contribution is 7.28. The van der Waals surface area contributed by atoms with Gasteiger partial charge in [0.05, 0.1) is 5.60 Å². The van der Waals surface area contributed by atoms with Crippen molar-refractivity contribution in [2.45, 2.75) is 19.4 Å². The third kappa shape index (κ3) is 2.43. The highest BCUT2D eigenvalue weighted by Crippen LogP contribution is 2.40. The van der Waals surface area contributed by atoms with Crippen molar-refractivity contribution in [2.24, 2.45) is 0 Å². The zero-order chi connectivity index (χ0) is 13.6. The maximum Gasteiger partial charge on any atom is 0.0847 e. The van der Waals surface area contributed by atoms with Gasteiger partial charge in [0.25, 0.3) is 0 Å². The number of hydrogen-bond donors (Lipinski definition) is 1. The van der Waals surface area contributed by atoms with E-state index in [1.165, 1.54) is 14.3 Å². The van der Waals surface area contributed by atoms with E-state index in [1.54, 1.807) is 36.5 Å². The number of halogens is 1. The fourth-order valence-electron chi connectivity index (χ4n) is 2.14. The molecule has 0 fully saturated rings. The molecule has 0 unspecified atom stereocenters. The molecule has 3 aromatic rings. The number of rotatable bonds is 2. The molecule has 0 saturated carbocycles. The van der Waals surface area contributed by atoms with Gasteiger partial charge in [-0.2, -0.15) is 0 Å². The van der Waals surface area contributed by atoms with Gasteiger partial charge >= 0.3 is 0 Å².